The van der Waals surface area contributed by atoms with Crippen molar-refractivity contribution in [2.75, 3.05) is 12.4 Å². The molecule has 0 aliphatic carbocycles. The molecule has 122 valence electrons. The maximum atomic E-state index is 12.2. The predicted molar refractivity (Wildman–Crippen MR) is 90.6 cm³/mol. The average molecular weight is 324 g/mol. The first-order valence-electron chi connectivity index (χ1n) is 7.32. The zero-order valence-corrected chi connectivity index (χ0v) is 13.3. The highest BCUT2D eigenvalue weighted by atomic mass is 16.5. The lowest BCUT2D eigenvalue weighted by Gasteiger charge is -2.05. The van der Waals surface area contributed by atoms with Crippen LogP contribution in [0.5, 0.6) is 11.5 Å². The van der Waals surface area contributed by atoms with Gasteiger partial charge in [-0.2, -0.15) is 0 Å². The fourth-order valence-corrected chi connectivity index (χ4v) is 2.31. The zero-order chi connectivity index (χ0) is 17.1. The SMILES string of the molecule is COc1ccc2cc(C(=O)Oc3ccc(NC(C)=O)cc3)[nH]c2c1. The van der Waals surface area contributed by atoms with E-state index in [4.69, 9.17) is 9.47 Å². The number of aromatic amines is 1. The van der Waals surface area contributed by atoms with Crippen LogP contribution in [-0.4, -0.2) is 24.0 Å². The van der Waals surface area contributed by atoms with Crippen LogP contribution in [0.2, 0.25) is 0 Å². The number of carbonyl (C=O) groups is 2. The molecule has 1 amide bonds. The van der Waals surface area contributed by atoms with Crippen molar-refractivity contribution in [3.05, 3.63) is 54.2 Å². The van der Waals surface area contributed by atoms with Gasteiger partial charge in [0.1, 0.15) is 17.2 Å². The van der Waals surface area contributed by atoms with Crippen LogP contribution in [0.4, 0.5) is 5.69 Å². The fourth-order valence-electron chi connectivity index (χ4n) is 2.31. The summed E-state index contributed by atoms with van der Waals surface area (Å²) in [6, 6.07) is 13.8. The van der Waals surface area contributed by atoms with Crippen molar-refractivity contribution in [2.45, 2.75) is 6.92 Å². The Morgan fingerprint density at radius 3 is 2.38 bits per heavy atom. The van der Waals surface area contributed by atoms with E-state index in [1.54, 1.807) is 37.4 Å². The second-order valence-corrected chi connectivity index (χ2v) is 5.23. The van der Waals surface area contributed by atoms with E-state index >= 15 is 0 Å². The van der Waals surface area contributed by atoms with Crippen LogP contribution in [0, 0.1) is 0 Å². The summed E-state index contributed by atoms with van der Waals surface area (Å²) >= 11 is 0. The van der Waals surface area contributed by atoms with Gasteiger partial charge in [0.05, 0.1) is 7.11 Å². The molecule has 0 aliphatic rings. The summed E-state index contributed by atoms with van der Waals surface area (Å²) in [6.45, 7) is 1.43. The molecule has 6 nitrogen and oxygen atoms in total. The van der Waals surface area contributed by atoms with Gasteiger partial charge < -0.3 is 19.8 Å². The number of H-pyrrole nitrogens is 1. The molecule has 0 radical (unpaired) electrons. The van der Waals surface area contributed by atoms with Crippen LogP contribution < -0.4 is 14.8 Å². The van der Waals surface area contributed by atoms with Crippen molar-refractivity contribution in [1.82, 2.24) is 4.98 Å². The third-order valence-electron chi connectivity index (χ3n) is 3.43. The van der Waals surface area contributed by atoms with E-state index in [1.807, 2.05) is 18.2 Å². The molecule has 2 N–H and O–H groups in total. The van der Waals surface area contributed by atoms with Gasteiger partial charge in [0.25, 0.3) is 0 Å². The van der Waals surface area contributed by atoms with E-state index in [9.17, 15) is 9.59 Å². The van der Waals surface area contributed by atoms with Crippen molar-refractivity contribution in [2.24, 2.45) is 0 Å². The lowest BCUT2D eigenvalue weighted by molar-refractivity contribution is -0.114. The van der Waals surface area contributed by atoms with E-state index < -0.39 is 5.97 Å². The number of anilines is 1. The van der Waals surface area contributed by atoms with Crippen molar-refractivity contribution in [3.63, 3.8) is 0 Å². The number of carbonyl (C=O) groups excluding carboxylic acids is 2. The minimum absolute atomic E-state index is 0.159. The number of hydrogen-bond acceptors (Lipinski definition) is 4. The number of aromatic nitrogens is 1. The van der Waals surface area contributed by atoms with Gasteiger partial charge in [-0.05, 0) is 42.5 Å². The summed E-state index contributed by atoms with van der Waals surface area (Å²) in [6.07, 6.45) is 0. The molecule has 1 aromatic heterocycles. The van der Waals surface area contributed by atoms with Crippen molar-refractivity contribution >= 4 is 28.5 Å². The first-order valence-corrected chi connectivity index (χ1v) is 7.32. The summed E-state index contributed by atoms with van der Waals surface area (Å²) < 4.78 is 10.5. The van der Waals surface area contributed by atoms with Crippen molar-refractivity contribution in [1.29, 1.82) is 0 Å². The van der Waals surface area contributed by atoms with Gasteiger partial charge in [0.15, 0.2) is 0 Å². The number of nitrogens with one attached hydrogen (secondary N) is 2. The van der Waals surface area contributed by atoms with Gasteiger partial charge in [0.2, 0.25) is 5.91 Å². The van der Waals surface area contributed by atoms with Gasteiger partial charge >= 0.3 is 5.97 Å². The summed E-state index contributed by atoms with van der Waals surface area (Å²) in [5.41, 5.74) is 1.78. The first-order chi connectivity index (χ1) is 11.5. The number of hydrogen-bond donors (Lipinski definition) is 2. The Labute approximate surface area is 138 Å². The number of amides is 1. The number of methoxy groups -OCH3 is 1. The monoisotopic (exact) mass is 324 g/mol. The normalized spacial score (nSPS) is 10.4. The molecule has 0 atom stereocenters. The Hall–Kier alpha value is -3.28. The molecule has 0 bridgehead atoms. The molecular formula is C18H16N2O4. The van der Waals surface area contributed by atoms with Gasteiger partial charge in [-0.15, -0.1) is 0 Å². The fraction of sp³-hybridized carbons (Fsp3) is 0.111. The van der Waals surface area contributed by atoms with Gasteiger partial charge in [-0.1, -0.05) is 0 Å². The van der Waals surface area contributed by atoms with Gasteiger partial charge in [-0.25, -0.2) is 4.79 Å². The van der Waals surface area contributed by atoms with E-state index in [0.29, 0.717) is 22.9 Å². The third kappa shape index (κ3) is 3.38. The molecule has 2 aromatic carbocycles. The Morgan fingerprint density at radius 1 is 1.00 bits per heavy atom. The third-order valence-corrected chi connectivity index (χ3v) is 3.43. The van der Waals surface area contributed by atoms with E-state index in [2.05, 4.69) is 10.3 Å². The number of esters is 1. The maximum Gasteiger partial charge on any atom is 0.360 e. The van der Waals surface area contributed by atoms with E-state index in [-0.39, 0.29) is 5.91 Å². The maximum absolute atomic E-state index is 12.2. The molecule has 0 fully saturated rings. The molecule has 1 heterocycles. The molecule has 3 aromatic rings. The molecule has 0 unspecified atom stereocenters. The summed E-state index contributed by atoms with van der Waals surface area (Å²) in [5, 5.41) is 3.54. The minimum Gasteiger partial charge on any atom is -0.497 e. The molecular weight excluding hydrogens is 308 g/mol. The highest BCUT2D eigenvalue weighted by molar-refractivity contribution is 5.96. The highest BCUT2D eigenvalue weighted by Crippen LogP contribution is 2.22. The van der Waals surface area contributed by atoms with Gasteiger partial charge in [-0.3, -0.25) is 4.79 Å². The number of ether oxygens (including phenoxy) is 2. The lowest BCUT2D eigenvalue weighted by atomic mass is 10.2. The number of benzene rings is 2. The molecule has 0 saturated heterocycles. The average Bonchev–Trinajstić information content (AvgIpc) is 2.99. The molecule has 0 aliphatic heterocycles. The van der Waals surface area contributed by atoms with Crippen LogP contribution in [-0.2, 0) is 4.79 Å². The van der Waals surface area contributed by atoms with Crippen molar-refractivity contribution in [3.8, 4) is 11.5 Å². The smallest absolute Gasteiger partial charge is 0.360 e. The first kappa shape index (κ1) is 15.6. The highest BCUT2D eigenvalue weighted by Gasteiger charge is 2.12. The van der Waals surface area contributed by atoms with E-state index in [0.717, 1.165) is 10.9 Å². The molecule has 0 saturated carbocycles. The minimum atomic E-state index is -0.488. The zero-order valence-electron chi connectivity index (χ0n) is 13.3. The van der Waals surface area contributed by atoms with E-state index in [1.165, 1.54) is 6.92 Å². The second kappa shape index (κ2) is 6.45. The van der Waals surface area contributed by atoms with Crippen LogP contribution in [0.15, 0.2) is 48.5 Å². The quantitative estimate of drug-likeness (QED) is 0.570. The second-order valence-electron chi connectivity index (χ2n) is 5.23. The summed E-state index contributed by atoms with van der Waals surface area (Å²) in [5.74, 6) is 0.453. The lowest BCUT2D eigenvalue weighted by Crippen LogP contribution is -2.09. The van der Waals surface area contributed by atoms with Crippen LogP contribution in [0.25, 0.3) is 10.9 Å². The number of fused-ring (bicyclic) bond motifs is 1. The molecule has 3 rings (SSSR count). The molecule has 24 heavy (non-hydrogen) atoms. The Bertz CT molecular complexity index is 897. The number of rotatable bonds is 4. The molecule has 6 heteroatoms. The van der Waals surface area contributed by atoms with Crippen LogP contribution in [0.1, 0.15) is 17.4 Å². The van der Waals surface area contributed by atoms with Gasteiger partial charge in [0, 0.05) is 29.6 Å². The van der Waals surface area contributed by atoms with Crippen molar-refractivity contribution < 1.29 is 19.1 Å². The largest absolute Gasteiger partial charge is 0.497 e. The Balaban J connectivity index is 1.75. The van der Waals surface area contributed by atoms with Crippen LogP contribution >= 0.6 is 0 Å². The predicted octanol–water partition coefficient (Wildman–Crippen LogP) is 3.35. The van der Waals surface area contributed by atoms with Crippen LogP contribution in [0.3, 0.4) is 0 Å². The topological polar surface area (TPSA) is 80.4 Å². The Morgan fingerprint density at radius 2 is 1.71 bits per heavy atom. The summed E-state index contributed by atoms with van der Waals surface area (Å²) in [7, 11) is 1.59. The molecule has 0 spiro atoms. The standard InChI is InChI=1S/C18H16N2O4/c1-11(21)19-13-4-7-14(8-5-13)24-18(22)17-9-12-3-6-15(23-2)10-16(12)20-17/h3-10,20H,1-2H3,(H,19,21). The Kier molecular flexibility index (Phi) is 4.20. The summed E-state index contributed by atoms with van der Waals surface area (Å²) in [4.78, 5) is 26.2.